The van der Waals surface area contributed by atoms with Crippen molar-refractivity contribution in [3.63, 3.8) is 0 Å². The normalized spacial score (nSPS) is 14.0. The molecule has 6 rings (SSSR count). The van der Waals surface area contributed by atoms with E-state index >= 15 is 0 Å². The minimum atomic E-state index is -0.591. The minimum Gasteiger partial charge on any atom is -0.439 e. The number of hydrogen-bond acceptors (Lipinski definition) is 11. The predicted molar refractivity (Wildman–Crippen MR) is 149 cm³/mol. The lowest BCUT2D eigenvalue weighted by Crippen LogP contribution is -2.36. The third kappa shape index (κ3) is 4.43. The van der Waals surface area contributed by atoms with Crippen LogP contribution >= 0.6 is 22.7 Å². The van der Waals surface area contributed by atoms with Gasteiger partial charge in [-0.15, -0.1) is 22.7 Å². The Balaban J connectivity index is 1.36. The molecule has 196 valence electrons. The number of carbonyl (C=O) groups is 1. The Hall–Kier alpha value is -3.78. The molecular weight excluding hydrogens is 526 g/mol. The quantitative estimate of drug-likeness (QED) is 0.264. The Kier molecular flexibility index (Phi) is 6.57. The third-order valence-electron chi connectivity index (χ3n) is 6.36. The lowest BCUT2D eigenvalue weighted by molar-refractivity contribution is 0.1000. The van der Waals surface area contributed by atoms with Gasteiger partial charge in [0, 0.05) is 66.9 Å². The smallest absolute Gasteiger partial charge is 0.254 e. The molecule has 0 aromatic carbocycles. The zero-order valence-electron chi connectivity index (χ0n) is 20.3. The van der Waals surface area contributed by atoms with Gasteiger partial charge in [-0.3, -0.25) is 14.0 Å². The van der Waals surface area contributed by atoms with Crippen LogP contribution in [-0.2, 0) is 11.2 Å². The van der Waals surface area contributed by atoms with Crippen molar-refractivity contribution in [2.75, 3.05) is 49.6 Å². The summed E-state index contributed by atoms with van der Waals surface area (Å²) in [5.74, 6) is 0.509. The van der Waals surface area contributed by atoms with Gasteiger partial charge in [0.2, 0.25) is 11.4 Å². The highest BCUT2D eigenvalue weighted by atomic mass is 32.1. The number of hydrogen-bond donors (Lipinski definition) is 3. The number of thiophene rings is 2. The number of imidazole rings is 1. The largest absolute Gasteiger partial charge is 0.439 e. The second-order valence-electron chi connectivity index (χ2n) is 8.79. The van der Waals surface area contributed by atoms with E-state index in [2.05, 4.69) is 10.3 Å². The molecule has 13 heteroatoms. The number of primary amides is 1. The van der Waals surface area contributed by atoms with E-state index < -0.39 is 5.91 Å². The fourth-order valence-corrected chi connectivity index (χ4v) is 6.36. The summed E-state index contributed by atoms with van der Waals surface area (Å²) >= 11 is 2.91. The van der Waals surface area contributed by atoms with Crippen molar-refractivity contribution in [1.82, 2.24) is 14.4 Å². The molecule has 1 aliphatic heterocycles. The predicted octanol–water partition coefficient (Wildman–Crippen LogP) is 2.52. The maximum absolute atomic E-state index is 12.8. The number of carbonyl (C=O) groups excluding carboxylic acids is 1. The molecule has 11 nitrogen and oxygen atoms in total. The highest BCUT2D eigenvalue weighted by molar-refractivity contribution is 7.17. The number of ether oxygens (including phenoxy) is 1. The van der Waals surface area contributed by atoms with E-state index in [0.717, 1.165) is 16.0 Å². The van der Waals surface area contributed by atoms with Crippen molar-refractivity contribution < 1.29 is 13.9 Å². The molecule has 38 heavy (non-hydrogen) atoms. The first-order valence-corrected chi connectivity index (χ1v) is 13.8. The molecule has 0 spiro atoms. The molecule has 5 N–H and O–H groups in total. The van der Waals surface area contributed by atoms with Crippen LogP contribution in [0.4, 0.5) is 11.8 Å². The summed E-state index contributed by atoms with van der Waals surface area (Å²) in [4.78, 5) is 37.3. The van der Waals surface area contributed by atoms with E-state index in [-0.39, 0.29) is 11.0 Å². The van der Waals surface area contributed by atoms with Crippen LogP contribution in [0.25, 0.3) is 27.1 Å². The maximum Gasteiger partial charge on any atom is 0.254 e. The zero-order valence-corrected chi connectivity index (χ0v) is 21.9. The van der Waals surface area contributed by atoms with Crippen molar-refractivity contribution in [2.45, 2.75) is 6.42 Å². The van der Waals surface area contributed by atoms with Crippen LogP contribution in [0.15, 0.2) is 44.5 Å². The molecule has 0 atom stereocenters. The molecule has 0 bridgehead atoms. The number of rotatable bonds is 8. The summed E-state index contributed by atoms with van der Waals surface area (Å²) in [6.45, 7) is 3.49. The molecule has 1 amide bonds. The van der Waals surface area contributed by atoms with Gasteiger partial charge in [-0.2, -0.15) is 0 Å². The summed E-state index contributed by atoms with van der Waals surface area (Å²) in [5.41, 5.74) is 15.0. The van der Waals surface area contributed by atoms with Crippen molar-refractivity contribution in [1.29, 1.82) is 0 Å². The van der Waals surface area contributed by atoms with Crippen LogP contribution in [0.3, 0.4) is 0 Å². The lowest BCUT2D eigenvalue weighted by atomic mass is 10.1. The van der Waals surface area contributed by atoms with Gasteiger partial charge in [-0.1, -0.05) is 0 Å². The molecule has 1 aliphatic rings. The Morgan fingerprint density at radius 2 is 2.03 bits per heavy atom. The number of nitrogens with two attached hydrogens (primary N) is 2. The fraction of sp³-hybridized carbons (Fsp3) is 0.280. The van der Waals surface area contributed by atoms with Crippen LogP contribution in [0.5, 0.6) is 0 Å². The van der Waals surface area contributed by atoms with E-state index in [1.54, 1.807) is 22.9 Å². The molecule has 5 aromatic heterocycles. The number of amides is 1. The Morgan fingerprint density at radius 3 is 2.82 bits per heavy atom. The topological polar surface area (TPSA) is 154 Å². The van der Waals surface area contributed by atoms with Gasteiger partial charge in [0.15, 0.2) is 17.1 Å². The van der Waals surface area contributed by atoms with Gasteiger partial charge in [0.05, 0.1) is 18.9 Å². The van der Waals surface area contributed by atoms with E-state index in [1.807, 2.05) is 21.7 Å². The Bertz CT molecular complexity index is 1700. The van der Waals surface area contributed by atoms with Crippen LogP contribution in [0, 0.1) is 0 Å². The first-order valence-electron chi connectivity index (χ1n) is 12.1. The van der Waals surface area contributed by atoms with Gasteiger partial charge < -0.3 is 30.8 Å². The Morgan fingerprint density at radius 1 is 1.18 bits per heavy atom. The standard InChI is InChI=1S/C25H25N7O4S2/c26-1-2-29-25-30-17(20(23(27)34)24-28-3-4-32(24)25)10-15-9-14(12-37-15)16-13-38-22-18(33)11-19(36-21(16)22)31-5-7-35-8-6-31/h3-4,9,11-13H,1-2,5-8,10,26H2,(H2,27,34)(H,29,30). The molecule has 1 saturated heterocycles. The summed E-state index contributed by atoms with van der Waals surface area (Å²) in [6, 6.07) is 3.59. The van der Waals surface area contributed by atoms with Crippen molar-refractivity contribution in [3.05, 3.63) is 61.6 Å². The fourth-order valence-electron chi connectivity index (χ4n) is 4.56. The SMILES string of the molecule is NCCNc1nc(Cc2cc(-c3csc4c(=O)cc(N5CCOCC5)oc34)cs2)c(C(N)=O)c2nccn12. The number of aromatic nitrogens is 3. The highest BCUT2D eigenvalue weighted by Crippen LogP contribution is 2.37. The number of fused-ring (bicyclic) bond motifs is 2. The minimum absolute atomic E-state index is 0.0553. The monoisotopic (exact) mass is 551 g/mol. The highest BCUT2D eigenvalue weighted by Gasteiger charge is 2.22. The van der Waals surface area contributed by atoms with Gasteiger partial charge in [-0.05, 0) is 17.0 Å². The summed E-state index contributed by atoms with van der Waals surface area (Å²) in [7, 11) is 0. The second-order valence-corrected chi connectivity index (χ2v) is 10.7. The molecular formula is C25H25N7O4S2. The summed E-state index contributed by atoms with van der Waals surface area (Å²) < 4.78 is 14.0. The maximum atomic E-state index is 12.8. The number of nitrogens with one attached hydrogen (secondary N) is 1. The van der Waals surface area contributed by atoms with Crippen LogP contribution < -0.4 is 27.1 Å². The van der Waals surface area contributed by atoms with Gasteiger partial charge in [0.1, 0.15) is 10.3 Å². The van der Waals surface area contributed by atoms with E-state index in [4.69, 9.17) is 25.6 Å². The van der Waals surface area contributed by atoms with Crippen molar-refractivity contribution >= 4 is 56.3 Å². The molecule has 1 fully saturated rings. The van der Waals surface area contributed by atoms with Crippen molar-refractivity contribution in [2.24, 2.45) is 11.5 Å². The summed E-state index contributed by atoms with van der Waals surface area (Å²) in [6.07, 6.45) is 3.71. The van der Waals surface area contributed by atoms with E-state index in [1.165, 1.54) is 22.7 Å². The average Bonchev–Trinajstić information content (AvgIpc) is 3.67. The molecule has 5 aromatic rings. The van der Waals surface area contributed by atoms with E-state index in [9.17, 15) is 9.59 Å². The molecule has 0 aliphatic carbocycles. The van der Waals surface area contributed by atoms with Gasteiger partial charge in [0.25, 0.3) is 5.91 Å². The molecule has 0 radical (unpaired) electrons. The number of nitrogens with zero attached hydrogens (tertiary/aromatic N) is 4. The van der Waals surface area contributed by atoms with Crippen molar-refractivity contribution in [3.8, 4) is 11.1 Å². The van der Waals surface area contributed by atoms with Crippen LogP contribution in [-0.4, -0.2) is 59.7 Å². The zero-order chi connectivity index (χ0) is 26.2. The lowest BCUT2D eigenvalue weighted by Gasteiger charge is -2.27. The van der Waals surface area contributed by atoms with Crippen LogP contribution in [0.1, 0.15) is 20.9 Å². The molecule has 0 unspecified atom stereocenters. The van der Waals surface area contributed by atoms with Gasteiger partial charge in [-0.25, -0.2) is 9.97 Å². The number of anilines is 2. The second kappa shape index (κ2) is 10.2. The van der Waals surface area contributed by atoms with Crippen LogP contribution in [0.2, 0.25) is 0 Å². The van der Waals surface area contributed by atoms with Gasteiger partial charge >= 0.3 is 0 Å². The third-order valence-corrected chi connectivity index (χ3v) is 8.27. The first-order chi connectivity index (χ1) is 18.5. The summed E-state index contributed by atoms with van der Waals surface area (Å²) in [5, 5.41) is 7.15. The number of morpholine rings is 1. The average molecular weight is 552 g/mol. The first kappa shape index (κ1) is 24.6. The van der Waals surface area contributed by atoms with E-state index in [0.29, 0.717) is 79.3 Å². The Labute approximate surface area is 224 Å². The molecule has 6 heterocycles. The molecule has 0 saturated carbocycles.